The molecule has 0 saturated heterocycles. The van der Waals surface area contributed by atoms with E-state index in [9.17, 15) is 18.0 Å². The normalized spacial score (nSPS) is 10.8. The first-order chi connectivity index (χ1) is 13.8. The molecule has 0 aliphatic heterocycles. The van der Waals surface area contributed by atoms with E-state index in [0.29, 0.717) is 10.8 Å². The van der Waals surface area contributed by atoms with Crippen LogP contribution in [0.3, 0.4) is 0 Å². The number of carbonyl (C=O) groups excluding carboxylic acids is 1. The maximum atomic E-state index is 13.1. The molecule has 1 amide bonds. The fraction of sp³-hybridized carbons (Fsp3) is 0.250. The van der Waals surface area contributed by atoms with Crippen LogP contribution >= 0.6 is 23.1 Å². The number of alkyl halides is 3. The second kappa shape index (κ2) is 10.4. The monoisotopic (exact) mass is 439 g/mol. The van der Waals surface area contributed by atoms with E-state index in [1.807, 2.05) is 13.8 Å². The summed E-state index contributed by atoms with van der Waals surface area (Å²) >= 11 is 2.49. The zero-order chi connectivity index (χ0) is 21.4. The third kappa shape index (κ3) is 6.30. The Kier molecular flexibility index (Phi) is 8.21. The SMILES string of the molecule is CC.Cc1nc(NC(=O)c2ccccn2)sc1SCc1ccccc1C(F)(F)F. The Morgan fingerprint density at radius 3 is 2.48 bits per heavy atom. The van der Waals surface area contributed by atoms with Gasteiger partial charge in [0, 0.05) is 11.9 Å². The summed E-state index contributed by atoms with van der Waals surface area (Å²) in [5.74, 6) is -0.227. The van der Waals surface area contributed by atoms with Crippen LogP contribution in [0.1, 0.15) is 41.2 Å². The van der Waals surface area contributed by atoms with Gasteiger partial charge in [-0.1, -0.05) is 49.4 Å². The van der Waals surface area contributed by atoms with Gasteiger partial charge in [-0.2, -0.15) is 13.2 Å². The third-order valence-electron chi connectivity index (χ3n) is 3.55. The van der Waals surface area contributed by atoms with Crippen molar-refractivity contribution in [2.75, 3.05) is 5.32 Å². The van der Waals surface area contributed by atoms with Crippen molar-refractivity contribution in [1.29, 1.82) is 0 Å². The predicted molar refractivity (Wildman–Crippen MR) is 111 cm³/mol. The average molecular weight is 440 g/mol. The molecule has 0 atom stereocenters. The number of anilines is 1. The lowest BCUT2D eigenvalue weighted by molar-refractivity contribution is -0.138. The van der Waals surface area contributed by atoms with Crippen molar-refractivity contribution >= 4 is 34.1 Å². The van der Waals surface area contributed by atoms with Crippen LogP contribution in [0.25, 0.3) is 0 Å². The molecular formula is C20H20F3N3OS2. The van der Waals surface area contributed by atoms with Gasteiger partial charge in [-0.05, 0) is 30.7 Å². The van der Waals surface area contributed by atoms with Crippen molar-refractivity contribution in [3.05, 3.63) is 71.2 Å². The molecule has 0 aliphatic rings. The summed E-state index contributed by atoms with van der Waals surface area (Å²) in [6.07, 6.45) is -2.87. The Morgan fingerprint density at radius 1 is 1.14 bits per heavy atom. The van der Waals surface area contributed by atoms with Crippen LogP contribution in [0.2, 0.25) is 0 Å². The predicted octanol–water partition coefficient (Wildman–Crippen LogP) is 6.44. The number of hydrogen-bond donors (Lipinski definition) is 1. The van der Waals surface area contributed by atoms with Gasteiger partial charge in [0.1, 0.15) is 5.69 Å². The van der Waals surface area contributed by atoms with E-state index in [4.69, 9.17) is 0 Å². The number of nitrogens with zero attached hydrogens (tertiary/aromatic N) is 2. The lowest BCUT2D eigenvalue weighted by Crippen LogP contribution is -2.13. The summed E-state index contributed by atoms with van der Waals surface area (Å²) < 4.78 is 40.0. The van der Waals surface area contributed by atoms with Gasteiger partial charge in [-0.15, -0.1) is 11.8 Å². The highest BCUT2D eigenvalue weighted by atomic mass is 32.2. The van der Waals surface area contributed by atoms with Crippen LogP contribution < -0.4 is 5.32 Å². The van der Waals surface area contributed by atoms with Crippen molar-refractivity contribution in [1.82, 2.24) is 9.97 Å². The number of pyridine rings is 1. The van der Waals surface area contributed by atoms with Gasteiger partial charge in [0.15, 0.2) is 5.13 Å². The molecular weight excluding hydrogens is 419 g/mol. The quantitative estimate of drug-likeness (QED) is 0.465. The lowest BCUT2D eigenvalue weighted by Gasteiger charge is -2.11. The Labute approximate surface area is 175 Å². The second-order valence-electron chi connectivity index (χ2n) is 5.50. The van der Waals surface area contributed by atoms with Gasteiger partial charge in [0.05, 0.1) is 15.5 Å². The highest BCUT2D eigenvalue weighted by molar-refractivity contribution is 8.00. The van der Waals surface area contributed by atoms with E-state index in [1.165, 1.54) is 41.4 Å². The highest BCUT2D eigenvalue weighted by Crippen LogP contribution is 2.38. The van der Waals surface area contributed by atoms with Gasteiger partial charge < -0.3 is 0 Å². The Balaban J connectivity index is 0.00000145. The van der Waals surface area contributed by atoms with Gasteiger partial charge in [-0.3, -0.25) is 15.1 Å². The number of amides is 1. The molecule has 0 radical (unpaired) electrons. The number of thioether (sulfide) groups is 1. The van der Waals surface area contributed by atoms with E-state index >= 15 is 0 Å². The molecule has 154 valence electrons. The first-order valence-corrected chi connectivity index (χ1v) is 10.6. The fourth-order valence-electron chi connectivity index (χ4n) is 2.29. The summed E-state index contributed by atoms with van der Waals surface area (Å²) in [6.45, 7) is 5.75. The lowest BCUT2D eigenvalue weighted by atomic mass is 10.1. The number of aromatic nitrogens is 2. The maximum Gasteiger partial charge on any atom is 0.416 e. The maximum absolute atomic E-state index is 13.1. The number of carbonyl (C=O) groups is 1. The molecule has 3 rings (SSSR count). The minimum Gasteiger partial charge on any atom is -0.296 e. The summed E-state index contributed by atoms with van der Waals surface area (Å²) in [4.78, 5) is 20.4. The molecule has 0 unspecified atom stereocenters. The zero-order valence-corrected chi connectivity index (χ0v) is 17.7. The fourth-order valence-corrected chi connectivity index (χ4v) is 4.43. The number of nitrogens with one attached hydrogen (secondary N) is 1. The number of halogens is 3. The standard InChI is InChI=1S/C18H14F3N3OS2.C2H6/c1-11-16(26-10-12-6-2-3-7-13(12)18(19,20)21)27-17(23-11)24-15(25)14-8-4-5-9-22-14;1-2/h2-9H,10H2,1H3,(H,23,24,25);1-2H3. The van der Waals surface area contributed by atoms with Crippen molar-refractivity contribution in [3.8, 4) is 0 Å². The molecule has 0 fully saturated rings. The number of thiazole rings is 1. The molecule has 0 spiro atoms. The smallest absolute Gasteiger partial charge is 0.296 e. The van der Waals surface area contributed by atoms with Gasteiger partial charge in [0.25, 0.3) is 5.91 Å². The molecule has 2 heterocycles. The van der Waals surface area contributed by atoms with Crippen molar-refractivity contribution in [2.45, 2.75) is 36.9 Å². The van der Waals surface area contributed by atoms with E-state index in [2.05, 4.69) is 15.3 Å². The summed E-state index contributed by atoms with van der Waals surface area (Å²) in [7, 11) is 0. The van der Waals surface area contributed by atoms with E-state index in [-0.39, 0.29) is 22.9 Å². The van der Waals surface area contributed by atoms with Crippen molar-refractivity contribution in [2.24, 2.45) is 0 Å². The van der Waals surface area contributed by atoms with E-state index < -0.39 is 11.7 Å². The number of rotatable bonds is 5. The van der Waals surface area contributed by atoms with Gasteiger partial charge in [0.2, 0.25) is 0 Å². The Hall–Kier alpha value is -2.39. The van der Waals surface area contributed by atoms with Gasteiger partial charge >= 0.3 is 6.18 Å². The Bertz CT molecular complexity index is 944. The molecule has 3 aromatic rings. The Morgan fingerprint density at radius 2 is 1.83 bits per heavy atom. The molecule has 9 heteroatoms. The topological polar surface area (TPSA) is 54.9 Å². The van der Waals surface area contributed by atoms with Crippen LogP contribution in [0, 0.1) is 6.92 Å². The summed E-state index contributed by atoms with van der Waals surface area (Å²) in [6, 6.07) is 10.5. The van der Waals surface area contributed by atoms with Crippen LogP contribution in [0.5, 0.6) is 0 Å². The van der Waals surface area contributed by atoms with Crippen LogP contribution in [-0.2, 0) is 11.9 Å². The number of hydrogen-bond acceptors (Lipinski definition) is 5. The van der Waals surface area contributed by atoms with Gasteiger partial charge in [-0.25, -0.2) is 4.98 Å². The molecule has 0 aliphatic carbocycles. The average Bonchev–Trinajstić information content (AvgIpc) is 3.07. The first kappa shape index (κ1) is 22.9. The molecule has 1 aromatic carbocycles. The summed E-state index contributed by atoms with van der Waals surface area (Å²) in [5, 5.41) is 3.05. The molecule has 1 N–H and O–H groups in total. The van der Waals surface area contributed by atoms with Crippen LogP contribution in [-0.4, -0.2) is 15.9 Å². The van der Waals surface area contributed by atoms with Crippen molar-refractivity contribution < 1.29 is 18.0 Å². The number of benzene rings is 1. The molecule has 4 nitrogen and oxygen atoms in total. The largest absolute Gasteiger partial charge is 0.416 e. The minimum absolute atomic E-state index is 0.159. The first-order valence-electron chi connectivity index (χ1n) is 8.82. The number of aryl methyl sites for hydroxylation is 1. The van der Waals surface area contributed by atoms with Crippen molar-refractivity contribution in [3.63, 3.8) is 0 Å². The highest BCUT2D eigenvalue weighted by Gasteiger charge is 2.32. The van der Waals surface area contributed by atoms with E-state index in [1.54, 1.807) is 31.2 Å². The molecule has 29 heavy (non-hydrogen) atoms. The molecule has 0 bridgehead atoms. The van der Waals surface area contributed by atoms with Crippen LogP contribution in [0.15, 0.2) is 52.9 Å². The minimum atomic E-state index is -4.39. The van der Waals surface area contributed by atoms with E-state index in [0.717, 1.165) is 10.3 Å². The molecule has 2 aromatic heterocycles. The molecule has 0 saturated carbocycles. The second-order valence-corrected chi connectivity index (χ2v) is 7.75. The zero-order valence-electron chi connectivity index (χ0n) is 16.1. The van der Waals surface area contributed by atoms with Crippen LogP contribution in [0.4, 0.5) is 18.3 Å². The summed E-state index contributed by atoms with van der Waals surface area (Å²) in [5.41, 5.74) is 0.495. The third-order valence-corrected chi connectivity index (χ3v) is 6.04.